The zero-order valence-corrected chi connectivity index (χ0v) is 16.0. The third-order valence-electron chi connectivity index (χ3n) is 4.44. The van der Waals surface area contributed by atoms with Gasteiger partial charge in [-0.05, 0) is 24.6 Å². The number of nitrogens with two attached hydrogens (primary N) is 1. The van der Waals surface area contributed by atoms with Gasteiger partial charge in [0.15, 0.2) is 11.6 Å². The van der Waals surface area contributed by atoms with Gasteiger partial charge in [0, 0.05) is 13.0 Å². The molecule has 0 unspecified atom stereocenters. The van der Waals surface area contributed by atoms with Crippen molar-refractivity contribution in [3.63, 3.8) is 0 Å². The number of carbonyl (C=O) groups is 3. The second-order valence-electron chi connectivity index (χ2n) is 6.54. The standard InChI is InChI=1S/C13H20N8O7S/c14-4-3-11-16-18-20(17-11)7-9(22)5-15-12(23)10-2-1-8-6-19(10)13(24)21(8)28-29(25,26)27/h8,10H,1-7,14H2,(H,15,23)(H,25,26,27)/t8-,10+/m1/s1. The predicted molar refractivity (Wildman–Crippen MR) is 92.0 cm³/mol. The number of hydrogen-bond donors (Lipinski definition) is 3. The second-order valence-corrected chi connectivity index (χ2v) is 7.55. The highest BCUT2D eigenvalue weighted by molar-refractivity contribution is 7.80. The molecule has 2 saturated heterocycles. The maximum atomic E-state index is 12.4. The minimum atomic E-state index is -4.86. The Labute approximate surface area is 165 Å². The number of amides is 3. The Kier molecular flexibility index (Phi) is 6.06. The number of tetrazole rings is 1. The largest absolute Gasteiger partial charge is 0.418 e. The van der Waals surface area contributed by atoms with Crippen molar-refractivity contribution in [2.75, 3.05) is 19.6 Å². The Hall–Kier alpha value is -2.69. The summed E-state index contributed by atoms with van der Waals surface area (Å²) in [5, 5.41) is 14.4. The Bertz CT molecular complexity index is 903. The van der Waals surface area contributed by atoms with Crippen LogP contribution in [0.1, 0.15) is 18.7 Å². The van der Waals surface area contributed by atoms with Crippen LogP contribution < -0.4 is 11.1 Å². The first-order valence-electron chi connectivity index (χ1n) is 8.71. The monoisotopic (exact) mass is 432 g/mol. The molecule has 15 nitrogen and oxygen atoms in total. The lowest BCUT2D eigenvalue weighted by molar-refractivity contribution is -0.129. The van der Waals surface area contributed by atoms with Gasteiger partial charge in [0.2, 0.25) is 5.91 Å². The minimum absolute atomic E-state index is 0.0627. The minimum Gasteiger partial charge on any atom is -0.347 e. The van der Waals surface area contributed by atoms with E-state index in [2.05, 4.69) is 25.0 Å². The van der Waals surface area contributed by atoms with Gasteiger partial charge in [0.25, 0.3) is 0 Å². The molecule has 2 atom stereocenters. The molecule has 2 bridgehead atoms. The van der Waals surface area contributed by atoms with E-state index in [-0.39, 0.29) is 38.3 Å². The fourth-order valence-corrected chi connectivity index (χ4v) is 3.58. The Balaban J connectivity index is 1.52. The van der Waals surface area contributed by atoms with E-state index in [1.54, 1.807) is 0 Å². The van der Waals surface area contributed by atoms with Crippen LogP contribution in [0, 0.1) is 0 Å². The summed E-state index contributed by atoms with van der Waals surface area (Å²) >= 11 is 0. The van der Waals surface area contributed by atoms with Crippen molar-refractivity contribution in [3.8, 4) is 0 Å². The molecule has 0 saturated carbocycles. The third kappa shape index (κ3) is 5.03. The van der Waals surface area contributed by atoms with E-state index in [0.717, 1.165) is 9.70 Å². The fourth-order valence-electron chi connectivity index (χ4n) is 3.19. The van der Waals surface area contributed by atoms with Crippen LogP contribution in [-0.2, 0) is 37.2 Å². The van der Waals surface area contributed by atoms with Crippen molar-refractivity contribution >= 4 is 28.1 Å². The van der Waals surface area contributed by atoms with E-state index >= 15 is 0 Å². The first-order chi connectivity index (χ1) is 13.7. The number of Topliss-reactive ketones (excluding diaryl/α,β-unsaturated/α-hetero) is 1. The van der Waals surface area contributed by atoms with Gasteiger partial charge in [-0.15, -0.1) is 14.5 Å². The molecule has 29 heavy (non-hydrogen) atoms. The summed E-state index contributed by atoms with van der Waals surface area (Å²) in [5.41, 5.74) is 5.38. The van der Waals surface area contributed by atoms with Gasteiger partial charge in [0.05, 0.1) is 12.6 Å². The molecule has 1 aromatic rings. The third-order valence-corrected chi connectivity index (χ3v) is 4.79. The summed E-state index contributed by atoms with van der Waals surface area (Å²) in [5.74, 6) is -0.535. The van der Waals surface area contributed by atoms with E-state index in [0.29, 0.717) is 23.9 Å². The molecular weight excluding hydrogens is 412 g/mol. The van der Waals surface area contributed by atoms with Crippen LogP contribution >= 0.6 is 0 Å². The van der Waals surface area contributed by atoms with Gasteiger partial charge in [-0.1, -0.05) is 0 Å². The number of ketones is 1. The molecule has 2 fully saturated rings. The molecule has 0 radical (unpaired) electrons. The molecule has 1 aromatic heterocycles. The number of rotatable bonds is 9. The summed E-state index contributed by atoms with van der Waals surface area (Å²) in [6, 6.07) is -2.34. The Morgan fingerprint density at radius 3 is 2.79 bits per heavy atom. The van der Waals surface area contributed by atoms with Crippen molar-refractivity contribution in [1.82, 2.24) is 35.5 Å². The van der Waals surface area contributed by atoms with Crippen LogP contribution in [0.25, 0.3) is 0 Å². The van der Waals surface area contributed by atoms with E-state index in [4.69, 9.17) is 10.3 Å². The van der Waals surface area contributed by atoms with E-state index < -0.39 is 34.4 Å². The van der Waals surface area contributed by atoms with Crippen molar-refractivity contribution in [1.29, 1.82) is 0 Å². The van der Waals surface area contributed by atoms with Crippen LogP contribution in [-0.4, -0.2) is 92.6 Å². The first-order valence-corrected chi connectivity index (χ1v) is 10.1. The average molecular weight is 432 g/mol. The lowest BCUT2D eigenvalue weighted by Crippen LogP contribution is -2.50. The molecule has 2 aliphatic rings. The summed E-state index contributed by atoms with van der Waals surface area (Å²) in [6.45, 7) is -0.0873. The summed E-state index contributed by atoms with van der Waals surface area (Å²) in [7, 11) is -4.86. The molecule has 3 rings (SSSR count). The molecule has 0 aliphatic carbocycles. The Morgan fingerprint density at radius 1 is 1.34 bits per heavy atom. The number of fused-ring (bicyclic) bond motifs is 2. The van der Waals surface area contributed by atoms with Crippen molar-refractivity contribution in [2.24, 2.45) is 5.73 Å². The number of hydroxylamine groups is 2. The van der Waals surface area contributed by atoms with Crippen LogP contribution in [0.5, 0.6) is 0 Å². The van der Waals surface area contributed by atoms with E-state index in [9.17, 15) is 22.8 Å². The molecule has 3 heterocycles. The van der Waals surface area contributed by atoms with E-state index in [1.165, 1.54) is 0 Å². The lowest BCUT2D eigenvalue weighted by Gasteiger charge is -2.29. The van der Waals surface area contributed by atoms with Gasteiger partial charge in [-0.3, -0.25) is 14.1 Å². The maximum absolute atomic E-state index is 12.4. The zero-order valence-electron chi connectivity index (χ0n) is 15.2. The summed E-state index contributed by atoms with van der Waals surface area (Å²) in [6.07, 6.45) is 0.960. The van der Waals surface area contributed by atoms with Gasteiger partial charge in [-0.2, -0.15) is 18.3 Å². The topological polar surface area (TPSA) is 203 Å². The van der Waals surface area contributed by atoms with Gasteiger partial charge in [-0.25, -0.2) is 4.79 Å². The van der Waals surface area contributed by atoms with Crippen molar-refractivity contribution in [2.45, 2.75) is 37.9 Å². The second kappa shape index (κ2) is 8.36. The number of carbonyl (C=O) groups excluding carboxylic acids is 3. The highest BCUT2D eigenvalue weighted by Gasteiger charge is 2.49. The van der Waals surface area contributed by atoms with Gasteiger partial charge < -0.3 is 16.0 Å². The molecule has 0 spiro atoms. The Morgan fingerprint density at radius 2 is 2.10 bits per heavy atom. The quantitative estimate of drug-likeness (QED) is 0.333. The number of urea groups is 1. The van der Waals surface area contributed by atoms with Gasteiger partial charge >= 0.3 is 16.4 Å². The van der Waals surface area contributed by atoms with Crippen LogP contribution in [0.3, 0.4) is 0 Å². The fraction of sp³-hybridized carbons (Fsp3) is 0.692. The van der Waals surface area contributed by atoms with E-state index in [1.807, 2.05) is 0 Å². The van der Waals surface area contributed by atoms with Crippen molar-refractivity contribution in [3.05, 3.63) is 5.82 Å². The molecule has 2 aliphatic heterocycles. The smallest absolute Gasteiger partial charge is 0.347 e. The predicted octanol–water partition coefficient (Wildman–Crippen LogP) is -3.14. The number of aromatic nitrogens is 4. The van der Waals surface area contributed by atoms with Gasteiger partial charge in [0.1, 0.15) is 12.6 Å². The number of nitrogens with one attached hydrogen (secondary N) is 1. The molecule has 160 valence electrons. The summed E-state index contributed by atoms with van der Waals surface area (Å²) < 4.78 is 34.8. The van der Waals surface area contributed by atoms with Crippen LogP contribution in [0.4, 0.5) is 4.79 Å². The molecular formula is C13H20N8O7S. The van der Waals surface area contributed by atoms with Crippen molar-refractivity contribution < 1.29 is 31.6 Å². The highest BCUT2D eigenvalue weighted by atomic mass is 32.3. The number of piperidine rings is 1. The highest BCUT2D eigenvalue weighted by Crippen LogP contribution is 2.30. The van der Waals surface area contributed by atoms with Crippen LogP contribution in [0.2, 0.25) is 0 Å². The molecule has 3 amide bonds. The molecule has 4 N–H and O–H groups in total. The maximum Gasteiger partial charge on any atom is 0.418 e. The SMILES string of the molecule is NCCc1nnn(CC(=O)CNC(=O)[C@@H]2CC[C@@H]3CN2C(=O)N3OS(=O)(=O)O)n1. The zero-order chi connectivity index (χ0) is 21.2. The normalized spacial score (nSPS) is 21.5. The number of nitrogens with zero attached hydrogens (tertiary/aromatic N) is 6. The molecule has 16 heteroatoms. The number of hydrogen-bond acceptors (Lipinski definition) is 10. The lowest BCUT2D eigenvalue weighted by atomic mass is 10.0. The first kappa shape index (κ1) is 21.0. The average Bonchev–Trinajstić information content (AvgIpc) is 3.17. The summed E-state index contributed by atoms with van der Waals surface area (Å²) in [4.78, 5) is 39.0. The van der Waals surface area contributed by atoms with Crippen LogP contribution in [0.15, 0.2) is 0 Å². The molecule has 0 aromatic carbocycles.